The van der Waals surface area contributed by atoms with Gasteiger partial charge in [0.05, 0.1) is 0 Å². The summed E-state index contributed by atoms with van der Waals surface area (Å²) in [6.45, 7) is 2.10. The van der Waals surface area contributed by atoms with Crippen molar-refractivity contribution in [1.29, 1.82) is 0 Å². The number of halogens is 1. The van der Waals surface area contributed by atoms with Crippen LogP contribution in [0.4, 0.5) is 0 Å². The normalized spacial score (nSPS) is 10.2. The molecule has 0 saturated heterocycles. The number of carbonyl (C=O) groups is 2. The van der Waals surface area contributed by atoms with E-state index in [0.29, 0.717) is 23.4 Å². The molecule has 0 aromatic heterocycles. The van der Waals surface area contributed by atoms with E-state index in [1.807, 2.05) is 12.1 Å². The summed E-state index contributed by atoms with van der Waals surface area (Å²) in [6, 6.07) is 14.7. The molecule has 0 atom stereocenters. The third-order valence-electron chi connectivity index (χ3n) is 3.47. The highest BCUT2D eigenvalue weighted by molar-refractivity contribution is 6.30. The second-order valence-electron chi connectivity index (χ2n) is 5.18. The summed E-state index contributed by atoms with van der Waals surface area (Å²) in [4.78, 5) is 23.7. The molecular formula is C18H19ClN2O2. The van der Waals surface area contributed by atoms with Crippen LogP contribution < -0.4 is 10.9 Å². The standard InChI is InChI=1S/C18H19ClN2O2/c1-2-13-6-8-14(9-7-13)10-11-17(22)20-21-18(23)15-4-3-5-16(19)12-15/h3-9,12H,2,10-11H2,1H3,(H,20,22)(H,21,23). The zero-order chi connectivity index (χ0) is 16.7. The number of rotatable bonds is 5. The van der Waals surface area contributed by atoms with Gasteiger partial charge in [0.25, 0.3) is 5.91 Å². The van der Waals surface area contributed by atoms with Crippen LogP contribution >= 0.6 is 11.6 Å². The Morgan fingerprint density at radius 3 is 2.35 bits per heavy atom. The molecule has 120 valence electrons. The fraction of sp³-hybridized carbons (Fsp3) is 0.222. The molecule has 0 aliphatic carbocycles. The minimum Gasteiger partial charge on any atom is -0.273 e. The van der Waals surface area contributed by atoms with Crippen LogP contribution in [0.2, 0.25) is 5.02 Å². The van der Waals surface area contributed by atoms with Gasteiger partial charge in [0.1, 0.15) is 0 Å². The lowest BCUT2D eigenvalue weighted by molar-refractivity contribution is -0.121. The maximum atomic E-state index is 11.9. The Hall–Kier alpha value is -2.33. The van der Waals surface area contributed by atoms with Gasteiger partial charge in [-0.15, -0.1) is 0 Å². The van der Waals surface area contributed by atoms with Gasteiger partial charge in [-0.25, -0.2) is 0 Å². The monoisotopic (exact) mass is 330 g/mol. The average molecular weight is 331 g/mol. The van der Waals surface area contributed by atoms with Crippen molar-refractivity contribution in [3.63, 3.8) is 0 Å². The molecule has 0 heterocycles. The largest absolute Gasteiger partial charge is 0.273 e. The van der Waals surface area contributed by atoms with E-state index >= 15 is 0 Å². The molecule has 2 aromatic carbocycles. The number of carbonyl (C=O) groups excluding carboxylic acids is 2. The Bertz CT molecular complexity index is 684. The van der Waals surface area contributed by atoms with Gasteiger partial charge in [-0.1, -0.05) is 48.9 Å². The average Bonchev–Trinajstić information content (AvgIpc) is 2.58. The first-order chi connectivity index (χ1) is 11.1. The highest BCUT2D eigenvalue weighted by Gasteiger charge is 2.08. The van der Waals surface area contributed by atoms with E-state index in [9.17, 15) is 9.59 Å². The summed E-state index contributed by atoms with van der Waals surface area (Å²) in [5, 5.41) is 0.472. The maximum Gasteiger partial charge on any atom is 0.269 e. The van der Waals surface area contributed by atoms with Crippen LogP contribution in [-0.4, -0.2) is 11.8 Å². The fourth-order valence-corrected chi connectivity index (χ4v) is 2.28. The summed E-state index contributed by atoms with van der Waals surface area (Å²) in [6.07, 6.45) is 1.93. The lowest BCUT2D eigenvalue weighted by Gasteiger charge is -2.08. The molecule has 0 bridgehead atoms. The van der Waals surface area contributed by atoms with E-state index in [2.05, 4.69) is 29.9 Å². The fourth-order valence-electron chi connectivity index (χ4n) is 2.09. The molecule has 0 radical (unpaired) electrons. The van der Waals surface area contributed by atoms with E-state index in [0.717, 1.165) is 12.0 Å². The number of hydrogen-bond acceptors (Lipinski definition) is 2. The van der Waals surface area contributed by atoms with E-state index < -0.39 is 5.91 Å². The first-order valence-electron chi connectivity index (χ1n) is 7.51. The van der Waals surface area contributed by atoms with Crippen LogP contribution in [0.1, 0.15) is 34.8 Å². The summed E-state index contributed by atoms with van der Waals surface area (Å²) in [5.74, 6) is -0.631. The van der Waals surface area contributed by atoms with Crippen molar-refractivity contribution in [1.82, 2.24) is 10.9 Å². The minimum atomic E-state index is -0.395. The Balaban J connectivity index is 1.77. The first-order valence-corrected chi connectivity index (χ1v) is 7.89. The molecule has 0 spiro atoms. The second kappa shape index (κ2) is 8.34. The number of amides is 2. The van der Waals surface area contributed by atoms with Gasteiger partial charge in [0, 0.05) is 17.0 Å². The number of benzene rings is 2. The van der Waals surface area contributed by atoms with Crippen molar-refractivity contribution in [3.05, 3.63) is 70.2 Å². The number of nitrogens with one attached hydrogen (secondary N) is 2. The van der Waals surface area contributed by atoms with Gasteiger partial charge in [0.15, 0.2) is 0 Å². The van der Waals surface area contributed by atoms with Gasteiger partial charge in [-0.05, 0) is 42.2 Å². The molecule has 5 heteroatoms. The van der Waals surface area contributed by atoms with Crippen molar-refractivity contribution in [2.24, 2.45) is 0 Å². The van der Waals surface area contributed by atoms with Gasteiger partial charge in [0.2, 0.25) is 5.91 Å². The van der Waals surface area contributed by atoms with Crippen molar-refractivity contribution >= 4 is 23.4 Å². The number of hydrazine groups is 1. The molecule has 2 aromatic rings. The predicted molar refractivity (Wildman–Crippen MR) is 91.2 cm³/mol. The van der Waals surface area contributed by atoms with Gasteiger partial charge >= 0.3 is 0 Å². The Morgan fingerprint density at radius 1 is 1.00 bits per heavy atom. The van der Waals surface area contributed by atoms with Crippen molar-refractivity contribution < 1.29 is 9.59 Å². The van der Waals surface area contributed by atoms with Gasteiger partial charge < -0.3 is 0 Å². The minimum absolute atomic E-state index is 0.236. The molecule has 0 unspecified atom stereocenters. The molecule has 0 fully saturated rings. The number of aryl methyl sites for hydroxylation is 2. The predicted octanol–water partition coefficient (Wildman–Crippen LogP) is 3.30. The van der Waals surface area contributed by atoms with Crippen LogP contribution in [0, 0.1) is 0 Å². The SMILES string of the molecule is CCc1ccc(CCC(=O)NNC(=O)c2cccc(Cl)c2)cc1. The van der Waals surface area contributed by atoms with Crippen molar-refractivity contribution in [3.8, 4) is 0 Å². The summed E-state index contributed by atoms with van der Waals surface area (Å²) >= 11 is 5.82. The van der Waals surface area contributed by atoms with Gasteiger partial charge in [-0.2, -0.15) is 0 Å². The molecule has 2 N–H and O–H groups in total. The first kappa shape index (κ1) is 17.0. The van der Waals surface area contributed by atoms with E-state index in [1.165, 1.54) is 5.56 Å². The maximum absolute atomic E-state index is 11.9. The molecule has 0 saturated carbocycles. The highest BCUT2D eigenvalue weighted by atomic mass is 35.5. The highest BCUT2D eigenvalue weighted by Crippen LogP contribution is 2.10. The number of hydrogen-bond donors (Lipinski definition) is 2. The molecule has 2 rings (SSSR count). The second-order valence-corrected chi connectivity index (χ2v) is 5.62. The molecule has 23 heavy (non-hydrogen) atoms. The van der Waals surface area contributed by atoms with Crippen LogP contribution in [0.25, 0.3) is 0 Å². The summed E-state index contributed by atoms with van der Waals surface area (Å²) in [7, 11) is 0. The van der Waals surface area contributed by atoms with E-state index in [4.69, 9.17) is 11.6 Å². The van der Waals surface area contributed by atoms with Crippen molar-refractivity contribution in [2.45, 2.75) is 26.2 Å². The third kappa shape index (κ3) is 5.42. The molecular weight excluding hydrogens is 312 g/mol. The van der Waals surface area contributed by atoms with Crippen LogP contribution in [-0.2, 0) is 17.6 Å². The Labute approximate surface area is 140 Å². The zero-order valence-electron chi connectivity index (χ0n) is 12.9. The topological polar surface area (TPSA) is 58.2 Å². The van der Waals surface area contributed by atoms with Gasteiger partial charge in [-0.3, -0.25) is 20.4 Å². The molecule has 0 aliphatic heterocycles. The zero-order valence-corrected chi connectivity index (χ0v) is 13.7. The lowest BCUT2D eigenvalue weighted by Crippen LogP contribution is -2.41. The lowest BCUT2D eigenvalue weighted by atomic mass is 10.1. The molecule has 2 amide bonds. The van der Waals surface area contributed by atoms with Crippen molar-refractivity contribution in [2.75, 3.05) is 0 Å². The smallest absolute Gasteiger partial charge is 0.269 e. The Kier molecular flexibility index (Phi) is 6.18. The van der Waals surface area contributed by atoms with E-state index in [-0.39, 0.29) is 5.91 Å². The quantitative estimate of drug-likeness (QED) is 0.826. The van der Waals surface area contributed by atoms with Crippen LogP contribution in [0.15, 0.2) is 48.5 Å². The summed E-state index contributed by atoms with van der Waals surface area (Å²) in [5.41, 5.74) is 7.56. The summed E-state index contributed by atoms with van der Waals surface area (Å²) < 4.78 is 0. The van der Waals surface area contributed by atoms with Crippen LogP contribution in [0.3, 0.4) is 0 Å². The molecule has 4 nitrogen and oxygen atoms in total. The van der Waals surface area contributed by atoms with Crippen LogP contribution in [0.5, 0.6) is 0 Å². The molecule has 0 aliphatic rings. The van der Waals surface area contributed by atoms with E-state index in [1.54, 1.807) is 24.3 Å². The third-order valence-corrected chi connectivity index (χ3v) is 3.71. The Morgan fingerprint density at radius 2 is 1.70 bits per heavy atom.